The van der Waals surface area contributed by atoms with Gasteiger partial charge in [0.15, 0.2) is 5.75 Å². The summed E-state index contributed by atoms with van der Waals surface area (Å²) in [6.45, 7) is 1.14. The third-order valence-corrected chi connectivity index (χ3v) is 5.22. The predicted octanol–water partition coefficient (Wildman–Crippen LogP) is 1.41. The maximum absolute atomic E-state index is 12.6. The number of hydrogen-bond acceptors (Lipinski definition) is 9. The van der Waals surface area contributed by atoms with Crippen molar-refractivity contribution in [2.45, 2.75) is 20.1 Å². The van der Waals surface area contributed by atoms with Crippen LogP contribution in [0.5, 0.6) is 11.5 Å². The first-order valence-electron chi connectivity index (χ1n) is 8.45. The van der Waals surface area contributed by atoms with Gasteiger partial charge in [0.05, 0.1) is 17.7 Å². The topological polar surface area (TPSA) is 180 Å². The van der Waals surface area contributed by atoms with Gasteiger partial charge in [-0.2, -0.15) is 10.4 Å². The fraction of sp³-hybridized carbons (Fsp3) is 0.222. The van der Waals surface area contributed by atoms with E-state index >= 15 is 0 Å². The summed E-state index contributed by atoms with van der Waals surface area (Å²) < 4.78 is 6.54. The minimum atomic E-state index is -0.849. The van der Waals surface area contributed by atoms with Crippen LogP contribution in [0.25, 0.3) is 0 Å². The molecule has 0 saturated carbocycles. The summed E-state index contributed by atoms with van der Waals surface area (Å²) in [5, 5.41) is 43.0. The Labute approximate surface area is 183 Å². The van der Waals surface area contributed by atoms with Crippen LogP contribution in [0, 0.1) is 28.4 Å². The van der Waals surface area contributed by atoms with Gasteiger partial charge in [-0.05, 0) is 22.9 Å². The van der Waals surface area contributed by atoms with Crippen molar-refractivity contribution in [1.29, 1.82) is 5.26 Å². The Bertz CT molecular complexity index is 1180. The number of phenolic OH excluding ortho intramolecular Hbond substituents is 2. The van der Waals surface area contributed by atoms with Crippen LogP contribution in [-0.2, 0) is 22.7 Å². The van der Waals surface area contributed by atoms with E-state index < -0.39 is 40.1 Å². The number of rotatable bonds is 7. The number of hydrogen-bond donors (Lipinski definition) is 3. The number of nitro benzene ring substituents is 1. The Morgan fingerprint density at radius 1 is 1.45 bits per heavy atom. The molecule has 12 nitrogen and oxygen atoms in total. The van der Waals surface area contributed by atoms with E-state index in [0.717, 1.165) is 22.9 Å². The number of amides is 1. The van der Waals surface area contributed by atoms with Crippen LogP contribution in [0.4, 0.5) is 5.69 Å². The average Bonchev–Trinajstić information content (AvgIpc) is 2.71. The normalized spacial score (nSPS) is 10.8. The highest BCUT2D eigenvalue weighted by Crippen LogP contribution is 2.32. The summed E-state index contributed by atoms with van der Waals surface area (Å²) in [6.07, 6.45) is 0.938. The first kappa shape index (κ1) is 23.5. The van der Waals surface area contributed by atoms with E-state index in [-0.39, 0.29) is 17.7 Å². The second kappa shape index (κ2) is 9.83. The number of ether oxygens (including phenoxy) is 1. The van der Waals surface area contributed by atoms with Gasteiger partial charge in [0.25, 0.3) is 11.5 Å². The molecule has 1 amide bonds. The Balaban J connectivity index is 2.26. The van der Waals surface area contributed by atoms with Gasteiger partial charge < -0.3 is 19.5 Å². The number of aromatic nitrogens is 1. The van der Waals surface area contributed by atoms with Crippen molar-refractivity contribution in [3.8, 4) is 17.6 Å². The van der Waals surface area contributed by atoms with E-state index in [2.05, 4.69) is 26.5 Å². The lowest BCUT2D eigenvalue weighted by molar-refractivity contribution is -0.385. The van der Waals surface area contributed by atoms with E-state index in [4.69, 9.17) is 4.74 Å². The maximum Gasteiger partial charge on any atom is 0.311 e. The number of halogens is 1. The number of aromatic hydroxyl groups is 2. The number of carbonyl (C=O) groups is 1. The molecule has 2 aromatic rings. The molecular weight excluding hydrogens is 478 g/mol. The Morgan fingerprint density at radius 2 is 2.13 bits per heavy atom. The molecule has 0 aliphatic carbocycles. The lowest BCUT2D eigenvalue weighted by Crippen LogP contribution is -2.33. The SMILES string of the molecule is COCc1c(Br)c(C)n(CC(=O)N/N=C\c2cc([N+](=O)[O-])c(O)cc2O)c(=O)c1C#N. The van der Waals surface area contributed by atoms with E-state index in [9.17, 15) is 35.2 Å². The summed E-state index contributed by atoms with van der Waals surface area (Å²) in [6, 6.07) is 3.46. The minimum absolute atomic E-state index is 0.0269. The largest absolute Gasteiger partial charge is 0.507 e. The molecule has 1 heterocycles. The molecule has 162 valence electrons. The lowest BCUT2D eigenvalue weighted by Gasteiger charge is -2.15. The molecule has 0 aliphatic heterocycles. The number of methoxy groups -OCH3 is 1. The number of nitro groups is 1. The van der Waals surface area contributed by atoms with Gasteiger partial charge in [-0.3, -0.25) is 19.7 Å². The zero-order valence-corrected chi connectivity index (χ0v) is 17.8. The second-order valence-corrected chi connectivity index (χ2v) is 6.93. The summed E-state index contributed by atoms with van der Waals surface area (Å²) in [5.74, 6) is -1.96. The highest BCUT2D eigenvalue weighted by Gasteiger charge is 2.20. The van der Waals surface area contributed by atoms with E-state index in [0.29, 0.717) is 15.7 Å². The van der Waals surface area contributed by atoms with Crippen molar-refractivity contribution in [2.24, 2.45) is 5.10 Å². The molecule has 1 aromatic carbocycles. The molecule has 0 radical (unpaired) electrons. The standard InChI is InChI=1S/C18H16BrN5O7/c1-9-17(19)12(8-31-2)11(5-20)18(28)23(9)7-16(27)22-21-6-10-3-13(24(29)30)15(26)4-14(10)25/h3-4,6,25-26H,7-8H2,1-2H3,(H,22,27)/b21-6-. The molecule has 2 rings (SSSR count). The third kappa shape index (κ3) is 5.05. The van der Waals surface area contributed by atoms with Crippen LogP contribution in [0.2, 0.25) is 0 Å². The molecule has 0 atom stereocenters. The van der Waals surface area contributed by atoms with Crippen LogP contribution < -0.4 is 11.0 Å². The Kier molecular flexibility index (Phi) is 7.46. The Hall–Kier alpha value is -3.76. The quantitative estimate of drug-likeness (QED) is 0.294. The number of hydrazone groups is 1. The number of carbonyl (C=O) groups excluding carboxylic acids is 1. The first-order valence-corrected chi connectivity index (χ1v) is 9.24. The summed E-state index contributed by atoms with van der Waals surface area (Å²) >= 11 is 3.31. The Morgan fingerprint density at radius 3 is 2.71 bits per heavy atom. The number of nitriles is 1. The zero-order chi connectivity index (χ0) is 23.3. The van der Waals surface area contributed by atoms with Crippen molar-refractivity contribution >= 4 is 33.7 Å². The summed E-state index contributed by atoms with van der Waals surface area (Å²) in [5.41, 5.74) is 1.25. The number of nitrogens with zero attached hydrogens (tertiary/aromatic N) is 4. The smallest absolute Gasteiger partial charge is 0.311 e. The van der Waals surface area contributed by atoms with Crippen molar-refractivity contribution < 1.29 is 24.7 Å². The molecule has 0 aliphatic rings. The van der Waals surface area contributed by atoms with E-state index in [1.807, 2.05) is 6.07 Å². The highest BCUT2D eigenvalue weighted by atomic mass is 79.9. The van der Waals surface area contributed by atoms with Gasteiger partial charge in [-0.15, -0.1) is 0 Å². The lowest BCUT2D eigenvalue weighted by atomic mass is 10.1. The highest BCUT2D eigenvalue weighted by molar-refractivity contribution is 9.10. The number of pyridine rings is 1. The van der Waals surface area contributed by atoms with Gasteiger partial charge in [0, 0.05) is 40.5 Å². The van der Waals surface area contributed by atoms with Crippen LogP contribution in [-0.4, -0.2) is 38.9 Å². The molecule has 13 heteroatoms. The monoisotopic (exact) mass is 493 g/mol. The summed E-state index contributed by atoms with van der Waals surface area (Å²) in [4.78, 5) is 34.8. The molecule has 0 bridgehead atoms. The van der Waals surface area contributed by atoms with E-state index in [1.54, 1.807) is 6.92 Å². The van der Waals surface area contributed by atoms with Gasteiger partial charge >= 0.3 is 5.69 Å². The van der Waals surface area contributed by atoms with Crippen LogP contribution in [0.1, 0.15) is 22.4 Å². The van der Waals surface area contributed by atoms with Crippen LogP contribution in [0.15, 0.2) is 26.5 Å². The molecule has 1 aromatic heterocycles. The second-order valence-electron chi connectivity index (χ2n) is 6.14. The van der Waals surface area contributed by atoms with Gasteiger partial charge in [-0.1, -0.05) is 0 Å². The maximum atomic E-state index is 12.6. The molecule has 31 heavy (non-hydrogen) atoms. The van der Waals surface area contributed by atoms with Gasteiger partial charge in [-0.25, -0.2) is 5.43 Å². The van der Waals surface area contributed by atoms with Crippen LogP contribution in [0.3, 0.4) is 0 Å². The fourth-order valence-corrected chi connectivity index (χ4v) is 3.16. The van der Waals surface area contributed by atoms with Crippen molar-refractivity contribution in [1.82, 2.24) is 9.99 Å². The molecule has 0 spiro atoms. The van der Waals surface area contributed by atoms with Gasteiger partial charge in [0.2, 0.25) is 0 Å². The summed E-state index contributed by atoms with van der Waals surface area (Å²) in [7, 11) is 1.42. The molecule has 0 unspecified atom stereocenters. The third-order valence-electron chi connectivity index (χ3n) is 4.16. The zero-order valence-electron chi connectivity index (χ0n) is 16.2. The number of phenols is 2. The first-order chi connectivity index (χ1) is 14.6. The van der Waals surface area contributed by atoms with E-state index in [1.165, 1.54) is 7.11 Å². The van der Waals surface area contributed by atoms with Crippen LogP contribution >= 0.6 is 15.9 Å². The molecule has 0 fully saturated rings. The van der Waals surface area contributed by atoms with Crippen molar-refractivity contribution in [3.05, 3.63) is 59.5 Å². The number of nitrogens with one attached hydrogen (secondary N) is 1. The predicted molar refractivity (Wildman–Crippen MR) is 111 cm³/mol. The number of benzene rings is 1. The molecular formula is C18H16BrN5O7. The fourth-order valence-electron chi connectivity index (χ4n) is 2.63. The minimum Gasteiger partial charge on any atom is -0.507 e. The van der Waals surface area contributed by atoms with Gasteiger partial charge in [0.1, 0.15) is 23.9 Å². The van der Waals surface area contributed by atoms with Crippen molar-refractivity contribution in [2.75, 3.05) is 7.11 Å². The molecule has 3 N–H and O–H groups in total. The van der Waals surface area contributed by atoms with Crippen molar-refractivity contribution in [3.63, 3.8) is 0 Å². The molecule has 0 saturated heterocycles. The average molecular weight is 494 g/mol.